The van der Waals surface area contributed by atoms with Gasteiger partial charge in [-0.15, -0.1) is 0 Å². The van der Waals surface area contributed by atoms with Crippen molar-refractivity contribution in [3.8, 4) is 16.9 Å². The molecule has 33 heavy (non-hydrogen) atoms. The predicted molar refractivity (Wildman–Crippen MR) is 129 cm³/mol. The summed E-state index contributed by atoms with van der Waals surface area (Å²) in [4.78, 5) is 22.7. The lowest BCUT2D eigenvalue weighted by Crippen LogP contribution is -2.38. The molecule has 0 atom stereocenters. The Hall–Kier alpha value is -3.87. The van der Waals surface area contributed by atoms with Crippen LogP contribution in [0.5, 0.6) is 5.75 Å². The van der Waals surface area contributed by atoms with Crippen LogP contribution in [-0.2, 0) is 11.4 Å². The molecular formula is C26H27N5O2. The highest BCUT2D eigenvalue weighted by Gasteiger charge is 2.37. The molecular weight excluding hydrogens is 414 g/mol. The first-order chi connectivity index (χ1) is 16.0. The molecule has 168 valence electrons. The van der Waals surface area contributed by atoms with Gasteiger partial charge in [-0.05, 0) is 36.1 Å². The first-order valence-corrected chi connectivity index (χ1v) is 11.1. The summed E-state index contributed by atoms with van der Waals surface area (Å²) in [6.45, 7) is 0.509. The third-order valence-electron chi connectivity index (χ3n) is 6.28. The molecule has 4 aromatic rings. The standard InChI is InChI=1S/C26H27N5O2/c1-30(2)25(32)19-11-20(12-19)31-15-23(22-14-28-26(27)29-24(22)31)18-9-6-10-21(13-18)33-16-17-7-4-3-5-8-17/h3-10,13-15,19-20H,11-12,16H2,1-2H3,(H2,27,28,29)/t19-,20+. The van der Waals surface area contributed by atoms with Crippen LogP contribution < -0.4 is 10.5 Å². The highest BCUT2D eigenvalue weighted by Crippen LogP contribution is 2.42. The molecule has 1 fully saturated rings. The molecule has 5 rings (SSSR count). The van der Waals surface area contributed by atoms with Crippen molar-refractivity contribution in [3.05, 3.63) is 72.6 Å². The van der Waals surface area contributed by atoms with Crippen LogP contribution in [-0.4, -0.2) is 39.4 Å². The number of hydrogen-bond acceptors (Lipinski definition) is 5. The fourth-order valence-corrected chi connectivity index (χ4v) is 4.43. The van der Waals surface area contributed by atoms with E-state index < -0.39 is 0 Å². The van der Waals surface area contributed by atoms with E-state index in [9.17, 15) is 4.79 Å². The SMILES string of the molecule is CN(C)C(=O)[C@H]1C[C@@H](n2cc(-c3cccc(OCc4ccccc4)c3)c3cnc(N)nc32)C1. The molecule has 2 aromatic heterocycles. The minimum absolute atomic E-state index is 0.0554. The van der Waals surface area contributed by atoms with Gasteiger partial charge in [-0.3, -0.25) is 4.79 Å². The van der Waals surface area contributed by atoms with E-state index in [4.69, 9.17) is 10.5 Å². The summed E-state index contributed by atoms with van der Waals surface area (Å²) in [5, 5.41) is 0.937. The van der Waals surface area contributed by atoms with Gasteiger partial charge in [0.05, 0.1) is 0 Å². The van der Waals surface area contributed by atoms with Gasteiger partial charge in [0.25, 0.3) is 0 Å². The second-order valence-electron chi connectivity index (χ2n) is 8.77. The minimum atomic E-state index is 0.0554. The molecule has 2 N–H and O–H groups in total. The maximum atomic E-state index is 12.3. The predicted octanol–water partition coefficient (Wildman–Crippen LogP) is 4.30. The summed E-state index contributed by atoms with van der Waals surface area (Å²) in [6.07, 6.45) is 5.48. The third kappa shape index (κ3) is 4.14. The molecule has 2 aromatic carbocycles. The normalized spacial score (nSPS) is 17.5. The number of anilines is 1. The van der Waals surface area contributed by atoms with Gasteiger partial charge in [0.15, 0.2) is 0 Å². The number of carbonyl (C=O) groups is 1. The lowest BCUT2D eigenvalue weighted by molar-refractivity contribution is -0.136. The monoisotopic (exact) mass is 441 g/mol. The Labute approximate surface area is 192 Å². The van der Waals surface area contributed by atoms with Crippen molar-refractivity contribution < 1.29 is 9.53 Å². The fraction of sp³-hybridized carbons (Fsp3) is 0.269. The quantitative estimate of drug-likeness (QED) is 0.482. The van der Waals surface area contributed by atoms with E-state index in [1.165, 1.54) is 0 Å². The second-order valence-corrected chi connectivity index (χ2v) is 8.77. The van der Waals surface area contributed by atoms with Gasteiger partial charge in [-0.1, -0.05) is 42.5 Å². The third-order valence-corrected chi connectivity index (χ3v) is 6.28. The van der Waals surface area contributed by atoms with Crippen LogP contribution in [0.25, 0.3) is 22.2 Å². The van der Waals surface area contributed by atoms with E-state index in [2.05, 4.69) is 26.8 Å². The second kappa shape index (κ2) is 8.58. The Morgan fingerprint density at radius 3 is 2.70 bits per heavy atom. The maximum Gasteiger partial charge on any atom is 0.225 e. The molecule has 0 unspecified atom stereocenters. The number of aromatic nitrogens is 3. The number of nitrogens with zero attached hydrogens (tertiary/aromatic N) is 4. The molecule has 1 aliphatic carbocycles. The van der Waals surface area contributed by atoms with Crippen LogP contribution in [0.2, 0.25) is 0 Å². The average Bonchev–Trinajstić information content (AvgIpc) is 3.16. The molecule has 0 aliphatic heterocycles. The largest absolute Gasteiger partial charge is 0.489 e. The molecule has 2 heterocycles. The zero-order chi connectivity index (χ0) is 22.9. The summed E-state index contributed by atoms with van der Waals surface area (Å²) >= 11 is 0. The number of benzene rings is 2. The van der Waals surface area contributed by atoms with Crippen LogP contribution in [0.15, 0.2) is 67.0 Å². The number of fused-ring (bicyclic) bond motifs is 1. The molecule has 7 heteroatoms. The summed E-state index contributed by atoms with van der Waals surface area (Å²) in [6, 6.07) is 18.4. The Balaban J connectivity index is 1.44. The summed E-state index contributed by atoms with van der Waals surface area (Å²) in [7, 11) is 3.61. The van der Waals surface area contributed by atoms with Gasteiger partial charge < -0.3 is 19.9 Å². The van der Waals surface area contributed by atoms with Crippen molar-refractivity contribution in [2.45, 2.75) is 25.5 Å². The average molecular weight is 442 g/mol. The minimum Gasteiger partial charge on any atom is -0.489 e. The summed E-state index contributed by atoms with van der Waals surface area (Å²) in [5.41, 5.74) is 9.89. The summed E-state index contributed by atoms with van der Waals surface area (Å²) < 4.78 is 8.19. The van der Waals surface area contributed by atoms with E-state index in [0.717, 1.165) is 46.3 Å². The van der Waals surface area contributed by atoms with E-state index >= 15 is 0 Å². The number of hydrogen-bond donors (Lipinski definition) is 1. The smallest absolute Gasteiger partial charge is 0.225 e. The lowest BCUT2D eigenvalue weighted by Gasteiger charge is -2.36. The van der Waals surface area contributed by atoms with Gasteiger partial charge in [-0.25, -0.2) is 4.98 Å². The zero-order valence-corrected chi connectivity index (χ0v) is 18.8. The molecule has 7 nitrogen and oxygen atoms in total. The zero-order valence-electron chi connectivity index (χ0n) is 18.8. The molecule has 1 saturated carbocycles. The van der Waals surface area contributed by atoms with E-state index in [0.29, 0.717) is 6.61 Å². The molecule has 0 spiro atoms. The van der Waals surface area contributed by atoms with Crippen molar-refractivity contribution in [1.82, 2.24) is 19.4 Å². The van der Waals surface area contributed by atoms with Crippen LogP contribution >= 0.6 is 0 Å². The van der Waals surface area contributed by atoms with Crippen LogP contribution in [0.1, 0.15) is 24.4 Å². The number of rotatable bonds is 6. The Bertz CT molecular complexity index is 1290. The van der Waals surface area contributed by atoms with Gasteiger partial charge in [-0.2, -0.15) is 4.98 Å². The number of nitrogens with two attached hydrogens (primary N) is 1. The van der Waals surface area contributed by atoms with Crippen molar-refractivity contribution in [1.29, 1.82) is 0 Å². The van der Waals surface area contributed by atoms with E-state index in [1.807, 2.05) is 48.5 Å². The van der Waals surface area contributed by atoms with Gasteiger partial charge >= 0.3 is 0 Å². The Morgan fingerprint density at radius 1 is 1.15 bits per heavy atom. The number of ether oxygens (including phenoxy) is 1. The van der Waals surface area contributed by atoms with Gasteiger partial charge in [0.2, 0.25) is 11.9 Å². The van der Waals surface area contributed by atoms with E-state index in [1.54, 1.807) is 25.2 Å². The van der Waals surface area contributed by atoms with E-state index in [-0.39, 0.29) is 23.8 Å². The first kappa shape index (κ1) is 21.0. The summed E-state index contributed by atoms with van der Waals surface area (Å²) in [5.74, 6) is 1.28. The van der Waals surface area contributed by atoms with Crippen LogP contribution in [0.4, 0.5) is 5.95 Å². The highest BCUT2D eigenvalue weighted by molar-refractivity contribution is 5.94. The highest BCUT2D eigenvalue weighted by atomic mass is 16.5. The van der Waals surface area contributed by atoms with Gasteiger partial charge in [0.1, 0.15) is 18.0 Å². The molecule has 0 saturated heterocycles. The molecule has 1 amide bonds. The molecule has 0 bridgehead atoms. The Kier molecular flexibility index (Phi) is 5.46. The first-order valence-electron chi connectivity index (χ1n) is 11.1. The number of carbonyl (C=O) groups excluding carboxylic acids is 1. The number of nitrogen functional groups attached to an aromatic ring is 1. The Morgan fingerprint density at radius 2 is 1.94 bits per heavy atom. The van der Waals surface area contributed by atoms with Crippen molar-refractivity contribution in [2.75, 3.05) is 19.8 Å². The fourth-order valence-electron chi connectivity index (χ4n) is 4.43. The number of amides is 1. The molecule has 1 aliphatic rings. The van der Waals surface area contributed by atoms with Crippen molar-refractivity contribution in [2.24, 2.45) is 5.92 Å². The molecule has 0 radical (unpaired) electrons. The lowest BCUT2D eigenvalue weighted by atomic mass is 9.79. The van der Waals surface area contributed by atoms with Crippen LogP contribution in [0.3, 0.4) is 0 Å². The van der Waals surface area contributed by atoms with Crippen LogP contribution in [0, 0.1) is 5.92 Å². The maximum absolute atomic E-state index is 12.3. The van der Waals surface area contributed by atoms with Crippen molar-refractivity contribution >= 4 is 22.9 Å². The van der Waals surface area contributed by atoms with Gasteiger partial charge in [0, 0.05) is 49.4 Å². The topological polar surface area (TPSA) is 86.3 Å². The van der Waals surface area contributed by atoms with Crippen molar-refractivity contribution in [3.63, 3.8) is 0 Å².